The highest BCUT2D eigenvalue weighted by Gasteiger charge is 2.03. The average molecular weight is 295 g/mol. The predicted octanol–water partition coefficient (Wildman–Crippen LogP) is 4.81. The van der Waals surface area contributed by atoms with Gasteiger partial charge in [0.1, 0.15) is 11.2 Å². The van der Waals surface area contributed by atoms with Crippen molar-refractivity contribution in [2.24, 2.45) is 0 Å². The molecule has 19 heavy (non-hydrogen) atoms. The third-order valence-corrected chi connectivity index (χ3v) is 2.28. The molecule has 0 aliphatic carbocycles. The number of Topliss-reactive ketones (excluding diaryl/α,β-unsaturated/α-hetero) is 1. The van der Waals surface area contributed by atoms with Crippen LogP contribution in [0.1, 0.15) is 40.2 Å². The van der Waals surface area contributed by atoms with Gasteiger partial charge in [0, 0.05) is 11.3 Å². The molecular weight excluding hydrogens is 274 g/mol. The molecule has 2 nitrogen and oxygen atoms in total. The van der Waals surface area contributed by atoms with Gasteiger partial charge in [0.15, 0.2) is 0 Å². The number of hydrogen-bond acceptors (Lipinski definition) is 4. The fourth-order valence-electron chi connectivity index (χ4n) is 1.07. The maximum absolute atomic E-state index is 10.9. The van der Waals surface area contributed by atoms with Crippen LogP contribution < -0.4 is 0 Å². The molecular formula is C15H21NOS2. The number of nitriles is 1. The molecule has 104 valence electrons. The second kappa shape index (κ2) is 13.3. The third kappa shape index (κ3) is 13.1. The Labute approximate surface area is 126 Å². The maximum Gasteiger partial charge on any atom is 0.138 e. The number of rotatable bonds is 3. The summed E-state index contributed by atoms with van der Waals surface area (Å²) in [6, 6.07) is 7.47. The molecule has 0 N–H and O–H groups in total. The summed E-state index contributed by atoms with van der Waals surface area (Å²) in [5.41, 5.74) is 0.932. The van der Waals surface area contributed by atoms with Gasteiger partial charge in [-0.05, 0) is 49.0 Å². The Hall–Kier alpha value is -1.18. The highest BCUT2D eigenvalue weighted by Crippen LogP contribution is 2.21. The van der Waals surface area contributed by atoms with Gasteiger partial charge in [-0.2, -0.15) is 5.26 Å². The zero-order valence-electron chi connectivity index (χ0n) is 12.2. The maximum atomic E-state index is 10.9. The van der Waals surface area contributed by atoms with Gasteiger partial charge in [0.05, 0.1) is 0 Å². The summed E-state index contributed by atoms with van der Waals surface area (Å²) < 4.78 is 0. The van der Waals surface area contributed by atoms with Crippen molar-refractivity contribution in [2.45, 2.75) is 45.9 Å². The summed E-state index contributed by atoms with van der Waals surface area (Å²) in [5, 5.41) is 10.5. The van der Waals surface area contributed by atoms with Crippen LogP contribution in [0.5, 0.6) is 0 Å². The van der Waals surface area contributed by atoms with Crippen LogP contribution >= 0.6 is 24.0 Å². The summed E-state index contributed by atoms with van der Waals surface area (Å²) in [6.45, 7) is 9.35. The first kappa shape index (κ1) is 20.1. The fourth-order valence-corrected chi connectivity index (χ4v) is 1.58. The van der Waals surface area contributed by atoms with Crippen LogP contribution in [0.3, 0.4) is 0 Å². The van der Waals surface area contributed by atoms with Crippen LogP contribution in [0.2, 0.25) is 0 Å². The van der Waals surface area contributed by atoms with Crippen LogP contribution in [0, 0.1) is 10.7 Å². The first-order chi connectivity index (χ1) is 8.97. The predicted molar refractivity (Wildman–Crippen MR) is 87.6 cm³/mol. The van der Waals surface area contributed by atoms with Crippen molar-refractivity contribution >= 4 is 34.6 Å². The van der Waals surface area contributed by atoms with Gasteiger partial charge in [0.2, 0.25) is 0 Å². The zero-order valence-corrected chi connectivity index (χ0v) is 13.8. The molecule has 0 aromatic heterocycles. The number of carbonyl (C=O) groups excluding carboxylic acids is 1. The molecule has 0 radical (unpaired) electrons. The van der Waals surface area contributed by atoms with Crippen molar-refractivity contribution in [3.63, 3.8) is 0 Å². The van der Waals surface area contributed by atoms with Crippen molar-refractivity contribution in [3.05, 3.63) is 29.8 Å². The summed E-state index contributed by atoms with van der Waals surface area (Å²) >= 11 is 5.63. The molecule has 0 saturated heterocycles. The van der Waals surface area contributed by atoms with Crippen LogP contribution in [0.15, 0.2) is 29.2 Å². The lowest BCUT2D eigenvalue weighted by Crippen LogP contribution is -1.97. The molecule has 0 saturated carbocycles. The molecule has 0 bridgehead atoms. The SMILES string of the molecule is CC.CC(=O)Cc1ccccc1SC#N.CC(C)=S. The number of nitrogens with zero attached hydrogens (tertiary/aromatic N) is 1. The smallest absolute Gasteiger partial charge is 0.138 e. The molecule has 0 aliphatic heterocycles. The highest BCUT2D eigenvalue weighted by atomic mass is 32.2. The molecule has 1 rings (SSSR count). The van der Waals surface area contributed by atoms with Crippen LogP contribution in [0.4, 0.5) is 0 Å². The molecule has 1 aromatic rings. The first-order valence-electron chi connectivity index (χ1n) is 6.07. The molecule has 0 heterocycles. The average Bonchev–Trinajstić information content (AvgIpc) is 2.33. The second-order valence-corrected chi connectivity index (χ2v) is 5.23. The third-order valence-electron chi connectivity index (χ3n) is 1.57. The van der Waals surface area contributed by atoms with E-state index in [0.29, 0.717) is 6.42 Å². The largest absolute Gasteiger partial charge is 0.300 e. The lowest BCUT2D eigenvalue weighted by molar-refractivity contribution is -0.116. The van der Waals surface area contributed by atoms with Crippen molar-refractivity contribution < 1.29 is 4.79 Å². The molecule has 0 fully saturated rings. The van der Waals surface area contributed by atoms with Gasteiger partial charge < -0.3 is 0 Å². The number of thiocyanates is 1. The lowest BCUT2D eigenvalue weighted by Gasteiger charge is -2.02. The van der Waals surface area contributed by atoms with Crippen molar-refractivity contribution in [1.82, 2.24) is 0 Å². The van der Waals surface area contributed by atoms with Gasteiger partial charge in [-0.15, -0.1) is 0 Å². The number of carbonyl (C=O) groups is 1. The van der Waals surface area contributed by atoms with E-state index in [4.69, 9.17) is 5.26 Å². The molecule has 0 amide bonds. The number of hydrogen-bond donors (Lipinski definition) is 0. The second-order valence-electron chi connectivity index (χ2n) is 3.59. The number of thioether (sulfide) groups is 1. The van der Waals surface area contributed by atoms with Crippen molar-refractivity contribution in [2.75, 3.05) is 0 Å². The number of thiocarbonyl (C=S) groups is 1. The molecule has 4 heteroatoms. The van der Waals surface area contributed by atoms with E-state index in [-0.39, 0.29) is 5.78 Å². The minimum atomic E-state index is 0.117. The van der Waals surface area contributed by atoms with Crippen molar-refractivity contribution in [3.8, 4) is 5.40 Å². The fraction of sp³-hybridized carbons (Fsp3) is 0.400. The van der Waals surface area contributed by atoms with Crippen LogP contribution in [0.25, 0.3) is 0 Å². The molecule has 0 spiro atoms. The van der Waals surface area contributed by atoms with E-state index in [9.17, 15) is 4.79 Å². The van der Waals surface area contributed by atoms with E-state index in [2.05, 4.69) is 12.2 Å². The van der Waals surface area contributed by atoms with Crippen LogP contribution in [-0.4, -0.2) is 10.6 Å². The van der Waals surface area contributed by atoms with Crippen LogP contribution in [-0.2, 0) is 11.2 Å². The van der Waals surface area contributed by atoms with Gasteiger partial charge in [-0.25, -0.2) is 0 Å². The molecule has 0 aliphatic rings. The van der Waals surface area contributed by atoms with E-state index in [1.165, 1.54) is 0 Å². The Morgan fingerprint density at radius 2 is 1.74 bits per heavy atom. The first-order valence-corrected chi connectivity index (χ1v) is 7.30. The van der Waals surface area contributed by atoms with Gasteiger partial charge in [-0.3, -0.25) is 4.79 Å². The van der Waals surface area contributed by atoms with Gasteiger partial charge >= 0.3 is 0 Å². The summed E-state index contributed by atoms with van der Waals surface area (Å²) in [6.07, 6.45) is 0.408. The van der Waals surface area contributed by atoms with Gasteiger partial charge in [0.25, 0.3) is 0 Å². The summed E-state index contributed by atoms with van der Waals surface area (Å²) in [4.78, 5) is 12.8. The van der Waals surface area contributed by atoms with Gasteiger partial charge in [-0.1, -0.05) is 44.3 Å². The minimum absolute atomic E-state index is 0.117. The molecule has 1 aromatic carbocycles. The Balaban J connectivity index is 0. The van der Waals surface area contributed by atoms with E-state index >= 15 is 0 Å². The Kier molecular flexibility index (Phi) is 14.1. The topological polar surface area (TPSA) is 40.9 Å². The molecule has 0 atom stereocenters. The van der Waals surface area contributed by atoms with E-state index in [1.807, 2.05) is 57.4 Å². The highest BCUT2D eigenvalue weighted by molar-refractivity contribution is 8.03. The van der Waals surface area contributed by atoms with E-state index in [1.54, 1.807) is 6.92 Å². The van der Waals surface area contributed by atoms with E-state index < -0.39 is 0 Å². The Bertz CT molecular complexity index is 432. The number of ketones is 1. The van der Waals surface area contributed by atoms with E-state index in [0.717, 1.165) is 27.1 Å². The Morgan fingerprint density at radius 1 is 1.26 bits per heavy atom. The zero-order chi connectivity index (χ0) is 15.3. The monoisotopic (exact) mass is 295 g/mol. The quantitative estimate of drug-likeness (QED) is 0.455. The molecule has 0 unspecified atom stereocenters. The normalized spacial score (nSPS) is 8.00. The van der Waals surface area contributed by atoms with Crippen molar-refractivity contribution in [1.29, 1.82) is 5.26 Å². The minimum Gasteiger partial charge on any atom is -0.300 e. The summed E-state index contributed by atoms with van der Waals surface area (Å²) in [7, 11) is 0. The lowest BCUT2D eigenvalue weighted by atomic mass is 10.1. The Morgan fingerprint density at radius 3 is 2.16 bits per heavy atom. The summed E-state index contributed by atoms with van der Waals surface area (Å²) in [5.74, 6) is 0.117. The standard InChI is InChI=1S/C10H9NOS.C3H6S.C2H6/c1-8(12)6-9-4-2-3-5-10(9)13-7-11;1-3(2)4;1-2/h2-5H,6H2,1H3;1-2H3;1-2H3. The number of benzene rings is 1.